The summed E-state index contributed by atoms with van der Waals surface area (Å²) < 4.78 is 40.0. The van der Waals surface area contributed by atoms with E-state index in [1.54, 1.807) is 0 Å². The van der Waals surface area contributed by atoms with Crippen molar-refractivity contribution in [2.24, 2.45) is 0 Å². The van der Waals surface area contributed by atoms with Crippen LogP contribution in [0.25, 0.3) is 0 Å². The molecule has 24 heavy (non-hydrogen) atoms. The zero-order valence-electron chi connectivity index (χ0n) is 11.4. The Hall–Kier alpha value is -2.04. The molecule has 0 atom stereocenters. The Morgan fingerprint density at radius 2 is 1.79 bits per heavy atom. The summed E-state index contributed by atoms with van der Waals surface area (Å²) in [6.07, 6.45) is 0. The van der Waals surface area contributed by atoms with E-state index in [4.69, 9.17) is 16.7 Å². The van der Waals surface area contributed by atoms with Crippen LogP contribution in [0.2, 0.25) is 5.02 Å². The SMILES string of the molecule is O=C(O)c1cc(Cl)cc(NS(=O)(=O)c2cc(Br)cc(F)c2O)c1O. The van der Waals surface area contributed by atoms with Crippen molar-refractivity contribution in [1.29, 1.82) is 0 Å². The quantitative estimate of drug-likeness (QED) is 0.542. The summed E-state index contributed by atoms with van der Waals surface area (Å²) in [6.45, 7) is 0. The average Bonchev–Trinajstić information content (AvgIpc) is 2.45. The number of nitrogens with one attached hydrogen (secondary N) is 1. The van der Waals surface area contributed by atoms with E-state index in [2.05, 4.69) is 15.9 Å². The van der Waals surface area contributed by atoms with E-state index >= 15 is 0 Å². The third-order valence-electron chi connectivity index (χ3n) is 2.83. The summed E-state index contributed by atoms with van der Waals surface area (Å²) in [7, 11) is -4.55. The van der Waals surface area contributed by atoms with Gasteiger partial charge in [-0.25, -0.2) is 17.6 Å². The fourth-order valence-electron chi connectivity index (χ4n) is 1.79. The van der Waals surface area contributed by atoms with Gasteiger partial charge in [-0.3, -0.25) is 4.72 Å². The minimum absolute atomic E-state index is 0.0414. The number of carbonyl (C=O) groups is 1. The van der Waals surface area contributed by atoms with Crippen LogP contribution >= 0.6 is 27.5 Å². The Morgan fingerprint density at radius 3 is 2.38 bits per heavy atom. The number of halogens is 3. The highest BCUT2D eigenvalue weighted by Crippen LogP contribution is 2.35. The van der Waals surface area contributed by atoms with Gasteiger partial charge in [0.25, 0.3) is 10.0 Å². The predicted molar refractivity (Wildman–Crippen MR) is 86.6 cm³/mol. The van der Waals surface area contributed by atoms with Gasteiger partial charge in [-0.1, -0.05) is 27.5 Å². The minimum Gasteiger partial charge on any atom is -0.505 e. The Labute approximate surface area is 148 Å². The van der Waals surface area contributed by atoms with Crippen LogP contribution in [-0.2, 0) is 10.0 Å². The van der Waals surface area contributed by atoms with E-state index in [1.165, 1.54) is 0 Å². The van der Waals surface area contributed by atoms with Crippen LogP contribution in [0, 0.1) is 5.82 Å². The fraction of sp³-hybridized carbons (Fsp3) is 0. The van der Waals surface area contributed by atoms with Gasteiger partial charge in [-0.15, -0.1) is 0 Å². The largest absolute Gasteiger partial charge is 0.505 e. The summed E-state index contributed by atoms with van der Waals surface area (Å²) in [5.41, 5.74) is -1.18. The lowest BCUT2D eigenvalue weighted by Crippen LogP contribution is -2.14. The summed E-state index contributed by atoms with van der Waals surface area (Å²) in [6, 6.07) is 3.67. The van der Waals surface area contributed by atoms with Crippen LogP contribution in [0.4, 0.5) is 10.1 Å². The first-order chi connectivity index (χ1) is 11.0. The van der Waals surface area contributed by atoms with Crippen molar-refractivity contribution in [3.05, 3.63) is 45.1 Å². The standard InChI is InChI=1S/C13H8BrClFNO6S/c14-5-1-8(16)12(19)10(2-5)24(22,23)17-9-4-6(15)3-7(11(9)18)13(20)21/h1-4,17-19H,(H,20,21). The van der Waals surface area contributed by atoms with Gasteiger partial charge in [0.15, 0.2) is 17.3 Å². The fourth-order valence-corrected chi connectivity index (χ4v) is 3.78. The second-order valence-electron chi connectivity index (χ2n) is 4.49. The third kappa shape index (κ3) is 3.55. The zero-order chi connectivity index (χ0) is 18.2. The molecule has 2 aromatic carbocycles. The Bertz CT molecular complexity index is 950. The lowest BCUT2D eigenvalue weighted by atomic mass is 10.2. The molecule has 0 saturated heterocycles. The normalized spacial score (nSPS) is 11.3. The number of hydrogen-bond donors (Lipinski definition) is 4. The lowest BCUT2D eigenvalue weighted by molar-refractivity contribution is 0.0694. The molecular weight excluding hydrogens is 433 g/mol. The molecule has 0 spiro atoms. The second kappa shape index (κ2) is 6.46. The lowest BCUT2D eigenvalue weighted by Gasteiger charge is -2.13. The highest BCUT2D eigenvalue weighted by atomic mass is 79.9. The molecule has 11 heteroatoms. The molecule has 0 fully saturated rings. The molecule has 2 aromatic rings. The molecule has 4 N–H and O–H groups in total. The minimum atomic E-state index is -4.55. The van der Waals surface area contributed by atoms with Crippen molar-refractivity contribution in [3.63, 3.8) is 0 Å². The van der Waals surface area contributed by atoms with Gasteiger partial charge in [0.1, 0.15) is 10.5 Å². The zero-order valence-corrected chi connectivity index (χ0v) is 14.6. The van der Waals surface area contributed by atoms with E-state index < -0.39 is 49.5 Å². The summed E-state index contributed by atoms with van der Waals surface area (Å²) in [5, 5.41) is 28.3. The van der Waals surface area contributed by atoms with Gasteiger partial charge >= 0.3 is 5.97 Å². The van der Waals surface area contributed by atoms with Gasteiger partial charge in [0.05, 0.1) is 5.69 Å². The third-order valence-corrected chi connectivity index (χ3v) is 4.89. The number of anilines is 1. The van der Waals surface area contributed by atoms with Gasteiger partial charge in [0.2, 0.25) is 0 Å². The van der Waals surface area contributed by atoms with Crippen LogP contribution < -0.4 is 4.72 Å². The molecule has 0 aliphatic rings. The topological polar surface area (TPSA) is 124 Å². The predicted octanol–water partition coefficient (Wildman–Crippen LogP) is 3.15. The molecule has 7 nitrogen and oxygen atoms in total. The molecule has 0 aliphatic heterocycles. The molecule has 0 unspecified atom stereocenters. The Kier molecular flexibility index (Phi) is 4.92. The number of phenolic OH excluding ortho intramolecular Hbond substituents is 1. The smallest absolute Gasteiger partial charge is 0.339 e. The van der Waals surface area contributed by atoms with E-state index in [9.17, 15) is 27.8 Å². The maximum atomic E-state index is 13.5. The van der Waals surface area contributed by atoms with Crippen molar-refractivity contribution >= 4 is 49.2 Å². The van der Waals surface area contributed by atoms with Gasteiger partial charge in [0, 0.05) is 9.50 Å². The number of carboxylic acids is 1. The molecule has 0 amide bonds. The first-order valence-corrected chi connectivity index (χ1v) is 8.65. The van der Waals surface area contributed by atoms with Crippen molar-refractivity contribution in [2.75, 3.05) is 4.72 Å². The van der Waals surface area contributed by atoms with E-state index in [0.717, 1.165) is 24.3 Å². The molecule has 0 radical (unpaired) electrons. The molecule has 128 valence electrons. The van der Waals surface area contributed by atoms with Crippen LogP contribution in [0.3, 0.4) is 0 Å². The number of hydrogen-bond acceptors (Lipinski definition) is 5. The summed E-state index contributed by atoms with van der Waals surface area (Å²) in [5.74, 6) is -4.74. The van der Waals surface area contributed by atoms with Gasteiger partial charge in [-0.2, -0.15) is 0 Å². The number of benzene rings is 2. The van der Waals surface area contributed by atoms with Crippen molar-refractivity contribution < 1.29 is 32.9 Å². The van der Waals surface area contributed by atoms with Gasteiger partial charge in [-0.05, 0) is 24.3 Å². The molecular formula is C13H8BrClFNO6S. The van der Waals surface area contributed by atoms with Crippen LogP contribution in [-0.4, -0.2) is 29.7 Å². The highest BCUT2D eigenvalue weighted by Gasteiger charge is 2.25. The first-order valence-electron chi connectivity index (χ1n) is 5.99. The monoisotopic (exact) mass is 439 g/mol. The molecule has 0 bridgehead atoms. The number of sulfonamides is 1. The van der Waals surface area contributed by atoms with Crippen molar-refractivity contribution in [2.45, 2.75) is 4.90 Å². The van der Waals surface area contributed by atoms with Crippen LogP contribution in [0.5, 0.6) is 11.5 Å². The van der Waals surface area contributed by atoms with Crippen molar-refractivity contribution in [1.82, 2.24) is 0 Å². The van der Waals surface area contributed by atoms with Crippen LogP contribution in [0.1, 0.15) is 10.4 Å². The van der Waals surface area contributed by atoms with Crippen molar-refractivity contribution in [3.8, 4) is 11.5 Å². The Morgan fingerprint density at radius 1 is 1.17 bits per heavy atom. The molecule has 2 rings (SSSR count). The number of phenols is 2. The maximum Gasteiger partial charge on any atom is 0.339 e. The molecule has 0 aromatic heterocycles. The van der Waals surface area contributed by atoms with Crippen LogP contribution in [0.15, 0.2) is 33.6 Å². The molecule has 0 saturated carbocycles. The van der Waals surface area contributed by atoms with E-state index in [0.29, 0.717) is 0 Å². The molecule has 0 heterocycles. The van der Waals surface area contributed by atoms with E-state index in [-0.39, 0.29) is 9.50 Å². The molecule has 0 aliphatic carbocycles. The van der Waals surface area contributed by atoms with Gasteiger partial charge < -0.3 is 15.3 Å². The van der Waals surface area contributed by atoms with E-state index in [1.807, 2.05) is 4.72 Å². The number of aromatic carboxylic acids is 1. The first kappa shape index (κ1) is 18.3. The number of rotatable bonds is 4. The average molecular weight is 441 g/mol. The highest BCUT2D eigenvalue weighted by molar-refractivity contribution is 9.10. The summed E-state index contributed by atoms with van der Waals surface area (Å²) in [4.78, 5) is 10.2. The second-order valence-corrected chi connectivity index (χ2v) is 7.50. The Balaban J connectivity index is 2.57. The number of carboxylic acid groups (broad SMARTS) is 1. The summed E-state index contributed by atoms with van der Waals surface area (Å²) >= 11 is 8.59. The number of aromatic hydroxyl groups is 2. The maximum absolute atomic E-state index is 13.5.